The fraction of sp³-hybridized carbons (Fsp3) is 0.214. The summed E-state index contributed by atoms with van der Waals surface area (Å²) in [7, 11) is 1.78. The molecule has 2 aromatic rings. The lowest BCUT2D eigenvalue weighted by Crippen LogP contribution is -2.20. The van der Waals surface area contributed by atoms with Gasteiger partial charge in [-0.15, -0.1) is 0 Å². The van der Waals surface area contributed by atoms with Gasteiger partial charge in [0, 0.05) is 29.7 Å². The summed E-state index contributed by atoms with van der Waals surface area (Å²) in [6.07, 6.45) is 3.88. The molecule has 1 unspecified atom stereocenters. The molecule has 3 nitrogen and oxygen atoms in total. The van der Waals surface area contributed by atoms with Crippen LogP contribution in [0.2, 0.25) is 5.02 Å². The molecule has 0 saturated carbocycles. The molecule has 1 aromatic carbocycles. The highest BCUT2D eigenvalue weighted by Crippen LogP contribution is 2.26. The number of nitrogens with one attached hydrogen (secondary N) is 1. The van der Waals surface area contributed by atoms with Gasteiger partial charge >= 0.3 is 0 Å². The number of aromatic nitrogens is 1. The van der Waals surface area contributed by atoms with E-state index in [1.54, 1.807) is 37.6 Å². The van der Waals surface area contributed by atoms with Gasteiger partial charge < -0.3 is 11.1 Å². The Morgan fingerprint density at radius 2 is 2.21 bits per heavy atom. The van der Waals surface area contributed by atoms with E-state index >= 15 is 0 Å². The minimum atomic E-state index is -0.397. The first-order chi connectivity index (χ1) is 9.13. The van der Waals surface area contributed by atoms with Crippen molar-refractivity contribution in [2.45, 2.75) is 12.5 Å². The van der Waals surface area contributed by atoms with Crippen LogP contribution >= 0.6 is 11.6 Å². The molecule has 0 amide bonds. The zero-order valence-electron chi connectivity index (χ0n) is 10.5. The number of halogens is 2. The van der Waals surface area contributed by atoms with Crippen LogP contribution in [0.4, 0.5) is 10.1 Å². The number of hydrogen-bond donors (Lipinski definition) is 2. The van der Waals surface area contributed by atoms with E-state index in [-0.39, 0.29) is 11.1 Å². The van der Waals surface area contributed by atoms with E-state index in [1.165, 1.54) is 6.07 Å². The van der Waals surface area contributed by atoms with Crippen LogP contribution in [0.1, 0.15) is 17.2 Å². The van der Waals surface area contributed by atoms with Crippen molar-refractivity contribution in [1.29, 1.82) is 0 Å². The number of nitrogens with zero attached hydrogens (tertiary/aromatic N) is 1. The Balaban J connectivity index is 2.31. The molecular formula is C14H15ClFN3. The molecule has 0 radical (unpaired) electrons. The quantitative estimate of drug-likeness (QED) is 0.905. The number of likely N-dealkylation sites (N-methyl/N-ethyl adjacent to an activating group) is 1. The minimum absolute atomic E-state index is 0.122. The molecule has 0 spiro atoms. The van der Waals surface area contributed by atoms with E-state index in [2.05, 4.69) is 10.3 Å². The number of benzene rings is 1. The fourth-order valence-electron chi connectivity index (χ4n) is 1.99. The van der Waals surface area contributed by atoms with Crippen molar-refractivity contribution in [2.24, 2.45) is 0 Å². The molecule has 0 aliphatic rings. The van der Waals surface area contributed by atoms with Gasteiger partial charge in [-0.3, -0.25) is 4.98 Å². The average Bonchev–Trinajstić information content (AvgIpc) is 2.41. The Morgan fingerprint density at radius 3 is 2.89 bits per heavy atom. The van der Waals surface area contributed by atoms with Gasteiger partial charge in [0.15, 0.2) is 0 Å². The number of nitrogens with two attached hydrogens (primary N) is 1. The largest absolute Gasteiger partial charge is 0.398 e. The summed E-state index contributed by atoms with van der Waals surface area (Å²) < 4.78 is 14.0. The lowest BCUT2D eigenvalue weighted by Gasteiger charge is -2.18. The number of pyridine rings is 1. The van der Waals surface area contributed by atoms with Crippen molar-refractivity contribution in [3.63, 3.8) is 0 Å². The Kier molecular flexibility index (Phi) is 4.35. The van der Waals surface area contributed by atoms with E-state index in [9.17, 15) is 4.39 Å². The van der Waals surface area contributed by atoms with Crippen molar-refractivity contribution in [2.75, 3.05) is 12.8 Å². The van der Waals surface area contributed by atoms with Crippen LogP contribution in [-0.2, 0) is 6.42 Å². The van der Waals surface area contributed by atoms with Crippen molar-refractivity contribution in [1.82, 2.24) is 10.3 Å². The number of rotatable bonds is 4. The zero-order valence-corrected chi connectivity index (χ0v) is 11.3. The molecule has 0 fully saturated rings. The monoisotopic (exact) mass is 279 g/mol. The summed E-state index contributed by atoms with van der Waals surface area (Å²) in [4.78, 5) is 4.04. The molecule has 0 saturated heterocycles. The summed E-state index contributed by atoms with van der Waals surface area (Å²) >= 11 is 5.81. The van der Waals surface area contributed by atoms with Crippen molar-refractivity contribution < 1.29 is 4.39 Å². The number of anilines is 1. The number of hydrogen-bond acceptors (Lipinski definition) is 3. The third kappa shape index (κ3) is 3.03. The summed E-state index contributed by atoms with van der Waals surface area (Å²) in [6.45, 7) is 0. The minimum Gasteiger partial charge on any atom is -0.398 e. The first kappa shape index (κ1) is 13.8. The van der Waals surface area contributed by atoms with Crippen LogP contribution in [0, 0.1) is 5.82 Å². The predicted octanol–water partition coefficient (Wildman–Crippen LogP) is 2.96. The molecule has 2 rings (SSSR count). The SMILES string of the molecule is CNC(Cc1cnccc1N)c1cccc(Cl)c1F. The summed E-state index contributed by atoms with van der Waals surface area (Å²) in [6, 6.07) is 6.51. The first-order valence-electron chi connectivity index (χ1n) is 5.93. The van der Waals surface area contributed by atoms with Crippen molar-refractivity contribution >= 4 is 17.3 Å². The Morgan fingerprint density at radius 1 is 1.42 bits per heavy atom. The zero-order chi connectivity index (χ0) is 13.8. The molecule has 0 bridgehead atoms. The molecule has 0 aliphatic carbocycles. The Bertz CT molecular complexity index is 574. The topological polar surface area (TPSA) is 50.9 Å². The van der Waals surface area contributed by atoms with Gasteiger partial charge in [-0.1, -0.05) is 23.7 Å². The molecule has 0 aliphatic heterocycles. The van der Waals surface area contributed by atoms with E-state index in [0.29, 0.717) is 17.7 Å². The third-order valence-corrected chi connectivity index (χ3v) is 3.36. The Labute approximate surface area is 116 Å². The lowest BCUT2D eigenvalue weighted by molar-refractivity contribution is 0.534. The highest BCUT2D eigenvalue weighted by Gasteiger charge is 2.17. The van der Waals surface area contributed by atoms with Gasteiger partial charge in [0.1, 0.15) is 5.82 Å². The average molecular weight is 280 g/mol. The molecule has 5 heteroatoms. The standard InChI is InChI=1S/C14H15ClFN3/c1-18-13(7-9-8-19-6-5-12(9)17)10-3-2-4-11(15)14(10)16/h2-6,8,13,18H,7H2,1H3,(H2,17,19). The van der Waals surface area contributed by atoms with E-state index in [1.807, 2.05) is 0 Å². The highest BCUT2D eigenvalue weighted by atomic mass is 35.5. The maximum absolute atomic E-state index is 14.0. The second-order valence-electron chi connectivity index (χ2n) is 4.26. The van der Waals surface area contributed by atoms with Crippen LogP contribution in [-0.4, -0.2) is 12.0 Å². The molecule has 3 N–H and O–H groups in total. The summed E-state index contributed by atoms with van der Waals surface area (Å²) in [5, 5.41) is 3.20. The van der Waals surface area contributed by atoms with Gasteiger partial charge in [-0.05, 0) is 31.2 Å². The summed E-state index contributed by atoms with van der Waals surface area (Å²) in [5.41, 5.74) is 7.93. The smallest absolute Gasteiger partial charge is 0.146 e. The second kappa shape index (κ2) is 5.99. The number of nitrogen functional groups attached to an aromatic ring is 1. The molecular weight excluding hydrogens is 265 g/mol. The molecule has 100 valence electrons. The normalized spacial score (nSPS) is 12.4. The highest BCUT2D eigenvalue weighted by molar-refractivity contribution is 6.30. The van der Waals surface area contributed by atoms with E-state index in [4.69, 9.17) is 17.3 Å². The van der Waals surface area contributed by atoms with Gasteiger partial charge in [-0.2, -0.15) is 0 Å². The van der Waals surface area contributed by atoms with E-state index < -0.39 is 5.82 Å². The second-order valence-corrected chi connectivity index (χ2v) is 4.67. The fourth-order valence-corrected chi connectivity index (χ4v) is 2.17. The van der Waals surface area contributed by atoms with Crippen LogP contribution in [0.15, 0.2) is 36.7 Å². The Hall–Kier alpha value is -1.65. The first-order valence-corrected chi connectivity index (χ1v) is 6.30. The van der Waals surface area contributed by atoms with Crippen LogP contribution < -0.4 is 11.1 Å². The van der Waals surface area contributed by atoms with Gasteiger partial charge in [-0.25, -0.2) is 4.39 Å². The van der Waals surface area contributed by atoms with Gasteiger partial charge in [0.25, 0.3) is 0 Å². The van der Waals surface area contributed by atoms with Gasteiger partial charge in [0.05, 0.1) is 5.02 Å². The van der Waals surface area contributed by atoms with Crippen LogP contribution in [0.5, 0.6) is 0 Å². The summed E-state index contributed by atoms with van der Waals surface area (Å²) in [5.74, 6) is -0.397. The van der Waals surface area contributed by atoms with Crippen LogP contribution in [0.25, 0.3) is 0 Å². The molecule has 19 heavy (non-hydrogen) atoms. The molecule has 1 aromatic heterocycles. The van der Waals surface area contributed by atoms with E-state index in [0.717, 1.165) is 5.56 Å². The predicted molar refractivity (Wildman–Crippen MR) is 75.6 cm³/mol. The van der Waals surface area contributed by atoms with Crippen molar-refractivity contribution in [3.05, 3.63) is 58.6 Å². The van der Waals surface area contributed by atoms with Gasteiger partial charge in [0.2, 0.25) is 0 Å². The molecule has 1 atom stereocenters. The maximum Gasteiger partial charge on any atom is 0.146 e. The van der Waals surface area contributed by atoms with Crippen LogP contribution in [0.3, 0.4) is 0 Å². The lowest BCUT2D eigenvalue weighted by atomic mass is 9.98. The van der Waals surface area contributed by atoms with Crippen molar-refractivity contribution in [3.8, 4) is 0 Å². The third-order valence-electron chi connectivity index (χ3n) is 3.07. The maximum atomic E-state index is 14.0. The molecule has 1 heterocycles.